The topological polar surface area (TPSA) is 72.6 Å². The maximum absolute atomic E-state index is 12.0. The van der Waals surface area contributed by atoms with Gasteiger partial charge in [0.2, 0.25) is 5.91 Å². The van der Waals surface area contributed by atoms with Gasteiger partial charge < -0.3 is 15.4 Å². The van der Waals surface area contributed by atoms with Gasteiger partial charge in [0, 0.05) is 13.0 Å². The van der Waals surface area contributed by atoms with E-state index in [1.165, 1.54) is 7.11 Å². The van der Waals surface area contributed by atoms with E-state index in [-0.39, 0.29) is 17.9 Å². The molecule has 0 aromatic rings. The summed E-state index contributed by atoms with van der Waals surface area (Å²) in [6.07, 6.45) is 4.78. The lowest BCUT2D eigenvalue weighted by Crippen LogP contribution is -2.48. The van der Waals surface area contributed by atoms with Crippen molar-refractivity contribution in [3.63, 3.8) is 0 Å². The van der Waals surface area contributed by atoms with Crippen molar-refractivity contribution >= 4 is 11.9 Å². The monoisotopic (exact) mass is 242 g/mol. The molecule has 0 radical (unpaired) electrons. The van der Waals surface area contributed by atoms with Crippen molar-refractivity contribution in [2.75, 3.05) is 20.2 Å². The Hall–Kier alpha value is -1.10. The van der Waals surface area contributed by atoms with Crippen LogP contribution in [0.5, 0.6) is 0 Å². The molecule has 1 saturated heterocycles. The second-order valence-corrected chi connectivity index (χ2v) is 4.37. The Labute approximate surface area is 102 Å². The highest BCUT2D eigenvalue weighted by atomic mass is 16.5. The minimum absolute atomic E-state index is 0.0496. The molecule has 1 fully saturated rings. The molecular weight excluding hydrogens is 220 g/mol. The molecule has 0 aromatic carbocycles. The van der Waals surface area contributed by atoms with Gasteiger partial charge in [0.25, 0.3) is 0 Å². The van der Waals surface area contributed by atoms with E-state index in [1.807, 2.05) is 0 Å². The van der Waals surface area contributed by atoms with E-state index in [9.17, 15) is 9.59 Å². The highest BCUT2D eigenvalue weighted by Crippen LogP contribution is 2.19. The summed E-state index contributed by atoms with van der Waals surface area (Å²) in [4.78, 5) is 25.2. The fourth-order valence-electron chi connectivity index (χ4n) is 2.18. The molecule has 1 aliphatic rings. The fourth-order valence-corrected chi connectivity index (χ4v) is 2.18. The maximum Gasteiger partial charge on any atom is 0.328 e. The lowest BCUT2D eigenvalue weighted by atomic mass is 10.0. The Morgan fingerprint density at radius 3 is 2.76 bits per heavy atom. The van der Waals surface area contributed by atoms with Crippen LogP contribution in [0.15, 0.2) is 0 Å². The van der Waals surface area contributed by atoms with Crippen molar-refractivity contribution in [1.29, 1.82) is 0 Å². The summed E-state index contributed by atoms with van der Waals surface area (Å²) in [5.74, 6) is -0.245. The minimum Gasteiger partial charge on any atom is -0.467 e. The number of likely N-dealkylation sites (tertiary alicyclic amines) is 1. The largest absolute Gasteiger partial charge is 0.467 e. The molecule has 17 heavy (non-hydrogen) atoms. The minimum atomic E-state index is -0.376. The van der Waals surface area contributed by atoms with Gasteiger partial charge in [-0.05, 0) is 38.6 Å². The third kappa shape index (κ3) is 4.00. The second-order valence-electron chi connectivity index (χ2n) is 4.37. The SMILES string of the molecule is COC(=O)C1CCCCN1C(=O)CCCCN. The molecular formula is C12H22N2O3. The Bertz CT molecular complexity index is 268. The smallest absolute Gasteiger partial charge is 0.328 e. The number of piperidine rings is 1. The number of hydrogen-bond acceptors (Lipinski definition) is 4. The quantitative estimate of drug-likeness (QED) is 0.568. The average molecular weight is 242 g/mol. The first-order valence-electron chi connectivity index (χ1n) is 6.28. The summed E-state index contributed by atoms with van der Waals surface area (Å²) < 4.78 is 4.74. The summed E-state index contributed by atoms with van der Waals surface area (Å²) in [6, 6.07) is -0.376. The van der Waals surface area contributed by atoms with Gasteiger partial charge in [-0.3, -0.25) is 4.79 Å². The van der Waals surface area contributed by atoms with Crippen molar-refractivity contribution in [2.24, 2.45) is 5.73 Å². The highest BCUT2D eigenvalue weighted by Gasteiger charge is 2.32. The van der Waals surface area contributed by atoms with Crippen molar-refractivity contribution in [3.8, 4) is 0 Å². The molecule has 98 valence electrons. The van der Waals surface area contributed by atoms with E-state index in [2.05, 4.69) is 0 Å². The molecule has 1 unspecified atom stereocenters. The number of rotatable bonds is 5. The van der Waals surface area contributed by atoms with Gasteiger partial charge in [-0.15, -0.1) is 0 Å². The van der Waals surface area contributed by atoms with E-state index >= 15 is 0 Å². The first-order chi connectivity index (χ1) is 8.20. The zero-order chi connectivity index (χ0) is 12.7. The van der Waals surface area contributed by atoms with Crippen LogP contribution < -0.4 is 5.73 Å². The molecule has 1 atom stereocenters. The summed E-state index contributed by atoms with van der Waals surface area (Å²) >= 11 is 0. The molecule has 0 saturated carbocycles. The number of esters is 1. The predicted molar refractivity (Wildman–Crippen MR) is 64.3 cm³/mol. The summed E-state index contributed by atoms with van der Waals surface area (Å²) in [5.41, 5.74) is 5.39. The molecule has 1 aliphatic heterocycles. The van der Waals surface area contributed by atoms with Gasteiger partial charge in [-0.2, -0.15) is 0 Å². The number of unbranched alkanes of at least 4 members (excludes halogenated alkanes) is 1. The number of carbonyl (C=O) groups excluding carboxylic acids is 2. The van der Waals surface area contributed by atoms with Crippen molar-refractivity contribution < 1.29 is 14.3 Å². The van der Waals surface area contributed by atoms with Gasteiger partial charge in [0.1, 0.15) is 6.04 Å². The van der Waals surface area contributed by atoms with E-state index in [0.717, 1.165) is 32.1 Å². The normalized spacial score (nSPS) is 20.1. The third-order valence-electron chi connectivity index (χ3n) is 3.14. The molecule has 0 spiro atoms. The number of carbonyl (C=O) groups is 2. The summed E-state index contributed by atoms with van der Waals surface area (Å²) in [7, 11) is 1.37. The number of nitrogens with two attached hydrogens (primary N) is 1. The van der Waals surface area contributed by atoms with Crippen molar-refractivity contribution in [1.82, 2.24) is 4.90 Å². The Balaban J connectivity index is 2.52. The second kappa shape index (κ2) is 7.27. The molecule has 5 nitrogen and oxygen atoms in total. The lowest BCUT2D eigenvalue weighted by molar-refractivity contribution is -0.154. The first-order valence-corrected chi connectivity index (χ1v) is 6.28. The first kappa shape index (κ1) is 14.0. The molecule has 0 aliphatic carbocycles. The molecule has 1 amide bonds. The molecule has 1 rings (SSSR count). The Morgan fingerprint density at radius 1 is 1.35 bits per heavy atom. The van der Waals surface area contributed by atoms with Crippen molar-refractivity contribution in [2.45, 2.75) is 44.6 Å². The third-order valence-corrected chi connectivity index (χ3v) is 3.14. The number of amides is 1. The zero-order valence-corrected chi connectivity index (χ0v) is 10.5. The number of nitrogens with zero attached hydrogens (tertiary/aromatic N) is 1. The molecule has 0 bridgehead atoms. The van der Waals surface area contributed by atoms with Gasteiger partial charge in [-0.1, -0.05) is 0 Å². The zero-order valence-electron chi connectivity index (χ0n) is 10.5. The van der Waals surface area contributed by atoms with Crippen LogP contribution in [0.3, 0.4) is 0 Å². The number of hydrogen-bond donors (Lipinski definition) is 1. The maximum atomic E-state index is 12.0. The lowest BCUT2D eigenvalue weighted by Gasteiger charge is -2.33. The Kier molecular flexibility index (Phi) is 5.97. The van der Waals surface area contributed by atoms with Gasteiger partial charge in [-0.25, -0.2) is 4.79 Å². The van der Waals surface area contributed by atoms with E-state index in [4.69, 9.17) is 10.5 Å². The van der Waals surface area contributed by atoms with Crippen LogP contribution in [-0.4, -0.2) is 43.0 Å². The highest BCUT2D eigenvalue weighted by molar-refractivity contribution is 5.84. The average Bonchev–Trinajstić information content (AvgIpc) is 2.38. The van der Waals surface area contributed by atoms with E-state index in [1.54, 1.807) is 4.90 Å². The Morgan fingerprint density at radius 2 is 2.12 bits per heavy atom. The van der Waals surface area contributed by atoms with Crippen LogP contribution in [0, 0.1) is 0 Å². The van der Waals surface area contributed by atoms with Crippen LogP contribution in [0.1, 0.15) is 38.5 Å². The van der Waals surface area contributed by atoms with Crippen LogP contribution >= 0.6 is 0 Å². The van der Waals surface area contributed by atoms with Gasteiger partial charge in [0.05, 0.1) is 7.11 Å². The van der Waals surface area contributed by atoms with Crippen molar-refractivity contribution in [3.05, 3.63) is 0 Å². The van der Waals surface area contributed by atoms with Crippen LogP contribution in [0.25, 0.3) is 0 Å². The number of methoxy groups -OCH3 is 1. The fraction of sp³-hybridized carbons (Fsp3) is 0.833. The standard InChI is InChI=1S/C12H22N2O3/c1-17-12(16)10-6-3-5-9-14(10)11(15)7-2-4-8-13/h10H,2-9,13H2,1H3. The van der Waals surface area contributed by atoms with E-state index in [0.29, 0.717) is 19.5 Å². The number of ether oxygens (including phenoxy) is 1. The van der Waals surface area contributed by atoms with Gasteiger partial charge >= 0.3 is 5.97 Å². The van der Waals surface area contributed by atoms with Gasteiger partial charge in [0.15, 0.2) is 0 Å². The van der Waals surface area contributed by atoms with Crippen LogP contribution in [0.2, 0.25) is 0 Å². The van der Waals surface area contributed by atoms with Crippen LogP contribution in [0.4, 0.5) is 0 Å². The molecule has 1 heterocycles. The predicted octanol–water partition coefficient (Wildman–Crippen LogP) is 0.669. The summed E-state index contributed by atoms with van der Waals surface area (Å²) in [6.45, 7) is 1.27. The van der Waals surface area contributed by atoms with E-state index < -0.39 is 0 Å². The molecule has 2 N–H and O–H groups in total. The molecule has 0 aromatic heterocycles. The van der Waals surface area contributed by atoms with Crippen LogP contribution in [-0.2, 0) is 14.3 Å². The molecule has 5 heteroatoms. The summed E-state index contributed by atoms with van der Waals surface area (Å²) in [5, 5.41) is 0.